The molecule has 0 saturated heterocycles. The molecule has 2 rings (SSSR count). The fraction of sp³-hybridized carbons (Fsp3) is 0.500. The number of hydrogen-bond acceptors (Lipinski definition) is 3. The molecule has 17 heavy (non-hydrogen) atoms. The molecule has 1 aromatic carbocycles. The Morgan fingerprint density at radius 3 is 2.53 bits per heavy atom. The van der Waals surface area contributed by atoms with E-state index in [1.54, 1.807) is 18.2 Å². The maximum Gasteiger partial charge on any atom is 0.241 e. The van der Waals surface area contributed by atoms with Crippen LogP contribution in [0.2, 0.25) is 0 Å². The van der Waals surface area contributed by atoms with Crippen LogP contribution >= 0.6 is 0 Å². The number of hydrogen-bond donors (Lipinski definition) is 2. The van der Waals surface area contributed by atoms with Crippen LogP contribution in [0.1, 0.15) is 30.9 Å². The first-order chi connectivity index (χ1) is 7.86. The second kappa shape index (κ2) is 4.08. The van der Waals surface area contributed by atoms with E-state index in [1.165, 1.54) is 0 Å². The minimum atomic E-state index is -3.39. The number of rotatable bonds is 4. The van der Waals surface area contributed by atoms with E-state index in [0.717, 1.165) is 24.0 Å². The fourth-order valence-corrected chi connectivity index (χ4v) is 3.29. The van der Waals surface area contributed by atoms with Gasteiger partial charge in [-0.2, -0.15) is 0 Å². The molecule has 1 aliphatic carbocycles. The summed E-state index contributed by atoms with van der Waals surface area (Å²) in [4.78, 5) is 0.320. The molecule has 1 aromatic rings. The topological polar surface area (TPSA) is 72.2 Å². The summed E-state index contributed by atoms with van der Waals surface area (Å²) in [6.45, 7) is 4.23. The van der Waals surface area contributed by atoms with Gasteiger partial charge in [-0.1, -0.05) is 6.07 Å². The van der Waals surface area contributed by atoms with Crippen LogP contribution in [-0.2, 0) is 16.6 Å². The lowest BCUT2D eigenvalue weighted by molar-refractivity contribution is 0.558. The average molecular weight is 254 g/mol. The Hall–Kier alpha value is -0.910. The molecule has 0 radical (unpaired) electrons. The molecule has 0 spiro atoms. The minimum Gasteiger partial charge on any atom is -0.326 e. The molecule has 1 fully saturated rings. The van der Waals surface area contributed by atoms with E-state index in [-0.39, 0.29) is 5.54 Å². The highest BCUT2D eigenvalue weighted by atomic mass is 32.2. The van der Waals surface area contributed by atoms with Crippen molar-refractivity contribution in [3.63, 3.8) is 0 Å². The smallest absolute Gasteiger partial charge is 0.241 e. The summed E-state index contributed by atoms with van der Waals surface area (Å²) < 4.78 is 26.9. The third-order valence-electron chi connectivity index (χ3n) is 3.23. The van der Waals surface area contributed by atoms with Gasteiger partial charge in [0.05, 0.1) is 4.90 Å². The largest absolute Gasteiger partial charge is 0.326 e. The van der Waals surface area contributed by atoms with E-state index in [2.05, 4.69) is 4.72 Å². The molecule has 0 heterocycles. The van der Waals surface area contributed by atoms with Gasteiger partial charge in [-0.15, -0.1) is 0 Å². The Morgan fingerprint density at radius 1 is 1.41 bits per heavy atom. The zero-order valence-electron chi connectivity index (χ0n) is 10.2. The Bertz CT molecular complexity index is 533. The van der Waals surface area contributed by atoms with Crippen molar-refractivity contribution in [3.8, 4) is 0 Å². The van der Waals surface area contributed by atoms with Gasteiger partial charge in [0.2, 0.25) is 10.0 Å². The molecule has 0 unspecified atom stereocenters. The Kier molecular flexibility index (Phi) is 3.01. The number of nitrogens with one attached hydrogen (secondary N) is 1. The minimum absolute atomic E-state index is 0.237. The fourth-order valence-electron chi connectivity index (χ4n) is 1.74. The van der Waals surface area contributed by atoms with Crippen molar-refractivity contribution in [2.75, 3.05) is 0 Å². The van der Waals surface area contributed by atoms with Crippen molar-refractivity contribution < 1.29 is 8.42 Å². The first kappa shape index (κ1) is 12.5. The van der Waals surface area contributed by atoms with Crippen LogP contribution in [0.25, 0.3) is 0 Å². The molecule has 0 bridgehead atoms. The van der Waals surface area contributed by atoms with E-state index >= 15 is 0 Å². The standard InChI is InChI=1S/C12H18N2O2S/c1-9-7-11(4-3-10(9)8-13)17(15,16)14-12(2)5-6-12/h3-4,7,14H,5-6,8,13H2,1-2H3. The van der Waals surface area contributed by atoms with Gasteiger partial charge in [0.15, 0.2) is 0 Å². The maximum atomic E-state index is 12.1. The number of nitrogens with two attached hydrogens (primary N) is 1. The second-order valence-corrected chi connectivity index (χ2v) is 6.64. The third kappa shape index (κ3) is 2.68. The van der Waals surface area contributed by atoms with Crippen LogP contribution in [0.5, 0.6) is 0 Å². The molecule has 3 N–H and O–H groups in total. The van der Waals surface area contributed by atoms with Crippen molar-refractivity contribution >= 4 is 10.0 Å². The quantitative estimate of drug-likeness (QED) is 0.850. The van der Waals surface area contributed by atoms with Gasteiger partial charge in [-0.05, 0) is 49.9 Å². The summed E-state index contributed by atoms with van der Waals surface area (Å²) >= 11 is 0. The molecule has 1 aliphatic rings. The summed E-state index contributed by atoms with van der Waals surface area (Å²) in [6, 6.07) is 5.07. The number of aryl methyl sites for hydroxylation is 1. The monoisotopic (exact) mass is 254 g/mol. The SMILES string of the molecule is Cc1cc(S(=O)(=O)NC2(C)CC2)ccc1CN. The zero-order valence-corrected chi connectivity index (χ0v) is 11.0. The van der Waals surface area contributed by atoms with Crippen LogP contribution in [0, 0.1) is 6.92 Å². The second-order valence-electron chi connectivity index (χ2n) is 4.96. The van der Waals surface area contributed by atoms with Crippen LogP contribution in [0.15, 0.2) is 23.1 Å². The summed E-state index contributed by atoms with van der Waals surface area (Å²) in [5, 5.41) is 0. The lowest BCUT2D eigenvalue weighted by Gasteiger charge is -2.13. The lowest BCUT2D eigenvalue weighted by atomic mass is 10.1. The molecule has 0 amide bonds. The van der Waals surface area contributed by atoms with Gasteiger partial charge in [-0.25, -0.2) is 13.1 Å². The van der Waals surface area contributed by atoms with Crippen LogP contribution in [0.3, 0.4) is 0 Å². The molecule has 5 heteroatoms. The van der Waals surface area contributed by atoms with Crippen LogP contribution < -0.4 is 10.5 Å². The predicted molar refractivity (Wildman–Crippen MR) is 67.0 cm³/mol. The molecule has 4 nitrogen and oxygen atoms in total. The summed E-state index contributed by atoms with van der Waals surface area (Å²) in [6.07, 6.45) is 1.82. The van der Waals surface area contributed by atoms with Crippen molar-refractivity contribution in [2.45, 2.75) is 43.7 Å². The number of sulfonamides is 1. The predicted octanol–water partition coefficient (Wildman–Crippen LogP) is 1.28. The normalized spacial score (nSPS) is 18.1. The number of benzene rings is 1. The first-order valence-corrected chi connectivity index (χ1v) is 7.18. The Morgan fingerprint density at radius 2 is 2.06 bits per heavy atom. The molecule has 0 aliphatic heterocycles. The molecular formula is C12H18N2O2S. The highest BCUT2D eigenvalue weighted by Crippen LogP contribution is 2.36. The highest BCUT2D eigenvalue weighted by molar-refractivity contribution is 7.89. The van der Waals surface area contributed by atoms with Crippen molar-refractivity contribution in [2.24, 2.45) is 5.73 Å². The zero-order chi connectivity index (χ0) is 12.7. The van der Waals surface area contributed by atoms with Gasteiger partial charge >= 0.3 is 0 Å². The molecule has 0 aromatic heterocycles. The van der Waals surface area contributed by atoms with Gasteiger partial charge in [0, 0.05) is 12.1 Å². The third-order valence-corrected chi connectivity index (χ3v) is 4.86. The molecular weight excluding hydrogens is 236 g/mol. The highest BCUT2D eigenvalue weighted by Gasteiger charge is 2.41. The van der Waals surface area contributed by atoms with Gasteiger partial charge in [0.1, 0.15) is 0 Å². The average Bonchev–Trinajstić information content (AvgIpc) is 2.94. The van der Waals surface area contributed by atoms with Crippen molar-refractivity contribution in [1.82, 2.24) is 4.72 Å². The summed E-state index contributed by atoms with van der Waals surface area (Å²) in [5.41, 5.74) is 7.21. The Labute approximate surface area is 102 Å². The van der Waals surface area contributed by atoms with Crippen LogP contribution in [0.4, 0.5) is 0 Å². The van der Waals surface area contributed by atoms with Gasteiger partial charge < -0.3 is 5.73 Å². The van der Waals surface area contributed by atoms with E-state index in [0.29, 0.717) is 11.4 Å². The van der Waals surface area contributed by atoms with E-state index in [4.69, 9.17) is 5.73 Å². The van der Waals surface area contributed by atoms with Gasteiger partial charge in [0.25, 0.3) is 0 Å². The molecule has 94 valence electrons. The molecule has 1 saturated carbocycles. The Balaban J connectivity index is 2.30. The van der Waals surface area contributed by atoms with Crippen LogP contribution in [-0.4, -0.2) is 14.0 Å². The lowest BCUT2D eigenvalue weighted by Crippen LogP contribution is -2.34. The van der Waals surface area contributed by atoms with Crippen molar-refractivity contribution in [3.05, 3.63) is 29.3 Å². The van der Waals surface area contributed by atoms with E-state index in [9.17, 15) is 8.42 Å². The van der Waals surface area contributed by atoms with Gasteiger partial charge in [-0.3, -0.25) is 0 Å². The van der Waals surface area contributed by atoms with Crippen molar-refractivity contribution in [1.29, 1.82) is 0 Å². The molecule has 0 atom stereocenters. The van der Waals surface area contributed by atoms with E-state index in [1.807, 2.05) is 13.8 Å². The maximum absolute atomic E-state index is 12.1. The first-order valence-electron chi connectivity index (χ1n) is 5.70. The summed E-state index contributed by atoms with van der Waals surface area (Å²) in [7, 11) is -3.39. The van der Waals surface area contributed by atoms with E-state index < -0.39 is 10.0 Å². The summed E-state index contributed by atoms with van der Waals surface area (Å²) in [5.74, 6) is 0.